The average molecular weight is 427 g/mol. The fourth-order valence-corrected chi connectivity index (χ4v) is 3.58. The molecular weight excluding hydrogens is 388 g/mol. The van der Waals surface area contributed by atoms with Gasteiger partial charge in [-0.2, -0.15) is 0 Å². The molecular formula is C27H38O4. The molecule has 3 N–H and O–H groups in total. The molecule has 0 aliphatic carbocycles. The Hall–Kier alpha value is -2.14. The molecule has 2 aromatic rings. The molecule has 4 heteroatoms. The highest BCUT2D eigenvalue weighted by Crippen LogP contribution is 2.34. The lowest BCUT2D eigenvalue weighted by atomic mass is 9.75. The van der Waals surface area contributed by atoms with Gasteiger partial charge in [0.15, 0.2) is 6.29 Å². The Morgan fingerprint density at radius 2 is 1.55 bits per heavy atom. The first-order valence-electron chi connectivity index (χ1n) is 11.1. The maximum atomic E-state index is 10.3. The highest BCUT2D eigenvalue weighted by Gasteiger charge is 2.30. The van der Waals surface area contributed by atoms with Crippen LogP contribution in [-0.4, -0.2) is 28.0 Å². The maximum absolute atomic E-state index is 10.3. The van der Waals surface area contributed by atoms with Crippen LogP contribution in [0.15, 0.2) is 48.5 Å². The van der Waals surface area contributed by atoms with E-state index >= 15 is 0 Å². The largest absolute Gasteiger partial charge is 0.493 e. The molecule has 0 saturated carbocycles. The maximum Gasteiger partial charge on any atom is 0.178 e. The van der Waals surface area contributed by atoms with Crippen LogP contribution in [0, 0.1) is 12.3 Å². The Morgan fingerprint density at radius 3 is 2.03 bits per heavy atom. The van der Waals surface area contributed by atoms with Gasteiger partial charge in [-0.15, -0.1) is 0 Å². The zero-order valence-corrected chi connectivity index (χ0v) is 19.7. The Kier molecular flexibility index (Phi) is 8.47. The molecule has 0 amide bonds. The van der Waals surface area contributed by atoms with E-state index in [0.717, 1.165) is 18.4 Å². The number of hydrogen-bond acceptors (Lipinski definition) is 4. The third-order valence-corrected chi connectivity index (χ3v) is 6.27. The van der Waals surface area contributed by atoms with Crippen molar-refractivity contribution < 1.29 is 20.1 Å². The third-order valence-electron chi connectivity index (χ3n) is 6.27. The second kappa shape index (κ2) is 10.4. The third kappa shape index (κ3) is 6.42. The van der Waals surface area contributed by atoms with Crippen molar-refractivity contribution in [3.63, 3.8) is 0 Å². The zero-order valence-electron chi connectivity index (χ0n) is 19.7. The summed E-state index contributed by atoms with van der Waals surface area (Å²) in [5.41, 5.74) is 3.66. The van der Waals surface area contributed by atoms with Crippen LogP contribution in [0.25, 0.3) is 6.08 Å². The summed E-state index contributed by atoms with van der Waals surface area (Å²) in [7, 11) is 0. The molecule has 1 atom stereocenters. The van der Waals surface area contributed by atoms with Gasteiger partial charge in [-0.3, -0.25) is 0 Å². The van der Waals surface area contributed by atoms with Crippen molar-refractivity contribution in [1.29, 1.82) is 0 Å². The minimum atomic E-state index is -1.47. The molecule has 0 bridgehead atoms. The molecule has 2 rings (SSSR count). The molecule has 0 aromatic heterocycles. The van der Waals surface area contributed by atoms with E-state index < -0.39 is 12.4 Å². The molecule has 0 radical (unpaired) electrons. The Morgan fingerprint density at radius 1 is 0.935 bits per heavy atom. The van der Waals surface area contributed by atoms with E-state index in [1.807, 2.05) is 32.9 Å². The highest BCUT2D eigenvalue weighted by atomic mass is 16.5. The quantitative estimate of drug-likeness (QED) is 0.461. The van der Waals surface area contributed by atoms with E-state index in [-0.39, 0.29) is 10.8 Å². The fraction of sp³-hybridized carbons (Fsp3) is 0.481. The second-order valence-corrected chi connectivity index (χ2v) is 9.46. The lowest BCUT2D eigenvalue weighted by Crippen LogP contribution is -2.32. The summed E-state index contributed by atoms with van der Waals surface area (Å²) < 4.78 is 6.12. The molecule has 31 heavy (non-hydrogen) atoms. The van der Waals surface area contributed by atoms with Crippen molar-refractivity contribution in [1.82, 2.24) is 0 Å². The monoisotopic (exact) mass is 426 g/mol. The van der Waals surface area contributed by atoms with Crippen molar-refractivity contribution in [2.75, 3.05) is 6.61 Å². The first-order valence-corrected chi connectivity index (χ1v) is 11.1. The van der Waals surface area contributed by atoms with Crippen molar-refractivity contribution in [3.8, 4) is 5.75 Å². The number of hydrogen-bond donors (Lipinski definition) is 3. The van der Waals surface area contributed by atoms with Gasteiger partial charge in [0.05, 0.1) is 12.7 Å². The summed E-state index contributed by atoms with van der Waals surface area (Å²) in [4.78, 5) is 0. The normalized spacial score (nSPS) is 13.7. The van der Waals surface area contributed by atoms with Crippen molar-refractivity contribution >= 4 is 6.08 Å². The van der Waals surface area contributed by atoms with Crippen molar-refractivity contribution in [3.05, 3.63) is 70.8 Å². The number of aliphatic hydroxyl groups excluding tert-OH is 2. The van der Waals surface area contributed by atoms with Crippen LogP contribution in [0.2, 0.25) is 0 Å². The number of benzene rings is 2. The summed E-state index contributed by atoms with van der Waals surface area (Å²) in [5, 5.41) is 28.8. The lowest BCUT2D eigenvalue weighted by molar-refractivity contribution is -0.0425. The molecule has 0 aliphatic rings. The van der Waals surface area contributed by atoms with Gasteiger partial charge in [0.25, 0.3) is 0 Å². The molecule has 0 heterocycles. The molecule has 0 fully saturated rings. The summed E-state index contributed by atoms with van der Waals surface area (Å²) in [6.07, 6.45) is 3.78. The lowest BCUT2D eigenvalue weighted by Gasteiger charge is -2.33. The summed E-state index contributed by atoms with van der Waals surface area (Å²) in [6, 6.07) is 13.4. The van der Waals surface area contributed by atoms with Crippen LogP contribution < -0.4 is 4.74 Å². The van der Waals surface area contributed by atoms with E-state index in [9.17, 15) is 15.3 Å². The predicted octanol–water partition coefficient (Wildman–Crippen LogP) is 5.54. The summed E-state index contributed by atoms with van der Waals surface area (Å²) in [6.45, 7) is 13.1. The van der Waals surface area contributed by atoms with Gasteiger partial charge in [-0.25, -0.2) is 0 Å². The molecule has 0 spiro atoms. The number of rotatable bonds is 9. The molecule has 170 valence electrons. The van der Waals surface area contributed by atoms with Gasteiger partial charge in [0.1, 0.15) is 5.75 Å². The topological polar surface area (TPSA) is 69.9 Å². The highest BCUT2D eigenvalue weighted by molar-refractivity contribution is 5.55. The second-order valence-electron chi connectivity index (χ2n) is 9.46. The van der Waals surface area contributed by atoms with E-state index in [1.54, 1.807) is 24.3 Å². The van der Waals surface area contributed by atoms with Crippen molar-refractivity contribution in [2.24, 2.45) is 5.41 Å². The van der Waals surface area contributed by atoms with Gasteiger partial charge in [-0.1, -0.05) is 77.1 Å². The number of aliphatic hydroxyl groups is 3. The smallest absolute Gasteiger partial charge is 0.178 e. The Balaban J connectivity index is 2.21. The van der Waals surface area contributed by atoms with E-state index in [0.29, 0.717) is 17.9 Å². The average Bonchev–Trinajstić information content (AvgIpc) is 2.73. The molecule has 1 unspecified atom stereocenters. The van der Waals surface area contributed by atoms with Gasteiger partial charge in [-0.05, 0) is 54.0 Å². The fourth-order valence-electron chi connectivity index (χ4n) is 3.58. The summed E-state index contributed by atoms with van der Waals surface area (Å²) >= 11 is 0. The van der Waals surface area contributed by atoms with Crippen LogP contribution in [0.4, 0.5) is 0 Å². The van der Waals surface area contributed by atoms with Crippen molar-refractivity contribution in [2.45, 2.75) is 72.2 Å². The van der Waals surface area contributed by atoms with Crippen LogP contribution >= 0.6 is 0 Å². The van der Waals surface area contributed by atoms with Crippen LogP contribution in [0.3, 0.4) is 0 Å². The molecule has 0 saturated heterocycles. The Bertz CT molecular complexity index is 856. The SMILES string of the molecule is CCC(CC)(COc1ccc(C(O)O)cc1)c1ccc(C=CC(O)C(C)(C)C)c(C)c1. The number of aryl methyl sites for hydroxylation is 1. The van der Waals surface area contributed by atoms with Gasteiger partial charge in [0, 0.05) is 11.0 Å². The van der Waals surface area contributed by atoms with Crippen LogP contribution in [0.5, 0.6) is 5.75 Å². The van der Waals surface area contributed by atoms with E-state index in [1.165, 1.54) is 11.1 Å². The minimum Gasteiger partial charge on any atom is -0.493 e. The predicted molar refractivity (Wildman–Crippen MR) is 127 cm³/mol. The van der Waals surface area contributed by atoms with E-state index in [4.69, 9.17) is 4.74 Å². The zero-order chi connectivity index (χ0) is 23.2. The van der Waals surface area contributed by atoms with Gasteiger partial charge < -0.3 is 20.1 Å². The summed E-state index contributed by atoms with van der Waals surface area (Å²) in [5.74, 6) is 0.711. The molecule has 2 aromatic carbocycles. The Labute approximate surface area is 187 Å². The first-order chi connectivity index (χ1) is 14.5. The van der Waals surface area contributed by atoms with Gasteiger partial charge >= 0.3 is 0 Å². The number of ether oxygens (including phenoxy) is 1. The molecule has 4 nitrogen and oxygen atoms in total. The van der Waals surface area contributed by atoms with E-state index in [2.05, 4.69) is 39.0 Å². The standard InChI is InChI=1S/C27H38O4/c1-7-27(8-2,18-31-23-14-10-21(11-15-23)25(29)30)22-13-9-20(19(3)17-22)12-16-24(28)26(4,5)6/h9-17,24-25,28-30H,7-8,18H2,1-6H3. The van der Waals surface area contributed by atoms with Crippen LogP contribution in [0.1, 0.15) is 76.0 Å². The molecule has 0 aliphatic heterocycles. The first kappa shape index (κ1) is 25.1. The van der Waals surface area contributed by atoms with Crippen LogP contribution in [-0.2, 0) is 5.41 Å². The minimum absolute atomic E-state index is 0.118. The van der Waals surface area contributed by atoms with Gasteiger partial charge in [0.2, 0.25) is 0 Å².